The van der Waals surface area contributed by atoms with Crippen molar-refractivity contribution in [3.8, 4) is 0 Å². The van der Waals surface area contributed by atoms with Crippen molar-refractivity contribution >= 4 is 28.1 Å². The third-order valence-corrected chi connectivity index (χ3v) is 4.27. The Labute approximate surface area is 142 Å². The van der Waals surface area contributed by atoms with Crippen molar-refractivity contribution in [1.29, 1.82) is 0 Å². The molecule has 126 valence electrons. The van der Waals surface area contributed by atoms with Crippen LogP contribution in [0.3, 0.4) is 0 Å². The number of hydrogen-bond acceptors (Lipinski definition) is 5. The number of amides is 1. The molecule has 0 fully saturated rings. The van der Waals surface area contributed by atoms with Gasteiger partial charge in [-0.2, -0.15) is 5.10 Å². The third kappa shape index (κ3) is 2.52. The van der Waals surface area contributed by atoms with E-state index in [-0.39, 0.29) is 24.7 Å². The van der Waals surface area contributed by atoms with Gasteiger partial charge in [0, 0.05) is 10.9 Å². The molecular weight excluding hydrogens is 324 g/mol. The van der Waals surface area contributed by atoms with E-state index in [9.17, 15) is 20.0 Å². The molecule has 8 heteroatoms. The summed E-state index contributed by atoms with van der Waals surface area (Å²) in [5.41, 5.74) is 1.25. The van der Waals surface area contributed by atoms with Crippen LogP contribution in [-0.2, 0) is 6.54 Å². The molecule has 1 aromatic heterocycles. The normalized spacial score (nSPS) is 14.3. The fourth-order valence-electron chi connectivity index (χ4n) is 3.19. The fourth-order valence-corrected chi connectivity index (χ4v) is 3.19. The Kier molecular flexibility index (Phi) is 3.47. The summed E-state index contributed by atoms with van der Waals surface area (Å²) in [5, 5.41) is 26.8. The number of nitro groups is 1. The van der Waals surface area contributed by atoms with Gasteiger partial charge in [0.05, 0.1) is 29.8 Å². The average molecular weight is 338 g/mol. The topological polar surface area (TPSA) is 102 Å². The number of carbonyl (C=O) groups excluding carboxylic acids is 1. The predicted octanol–water partition coefficient (Wildman–Crippen LogP) is 1.97. The van der Waals surface area contributed by atoms with Crippen molar-refractivity contribution < 1.29 is 14.8 Å². The molecule has 0 saturated heterocycles. The first-order chi connectivity index (χ1) is 12.0. The van der Waals surface area contributed by atoms with Gasteiger partial charge in [-0.1, -0.05) is 24.3 Å². The molecule has 0 unspecified atom stereocenters. The molecule has 1 atom stereocenters. The van der Waals surface area contributed by atoms with E-state index >= 15 is 0 Å². The Hall–Kier alpha value is -3.26. The zero-order chi connectivity index (χ0) is 17.6. The maximum Gasteiger partial charge on any atom is 0.306 e. The second-order valence-corrected chi connectivity index (χ2v) is 5.93. The van der Waals surface area contributed by atoms with E-state index in [2.05, 4.69) is 5.10 Å². The van der Waals surface area contributed by atoms with Crippen LogP contribution in [0.25, 0.3) is 10.8 Å². The van der Waals surface area contributed by atoms with Gasteiger partial charge in [0.15, 0.2) is 0 Å². The van der Waals surface area contributed by atoms with Gasteiger partial charge in [-0.25, -0.2) is 0 Å². The highest BCUT2D eigenvalue weighted by molar-refractivity contribution is 6.25. The molecule has 25 heavy (non-hydrogen) atoms. The number of nitrogens with zero attached hydrogens (tertiary/aromatic N) is 4. The average Bonchev–Trinajstić information content (AvgIpc) is 3.16. The van der Waals surface area contributed by atoms with Gasteiger partial charge in [-0.05, 0) is 17.5 Å². The number of aliphatic hydroxyl groups excluding tert-OH is 1. The van der Waals surface area contributed by atoms with E-state index in [1.807, 2.05) is 30.3 Å². The van der Waals surface area contributed by atoms with Gasteiger partial charge in [0.1, 0.15) is 12.4 Å². The molecule has 0 bridgehead atoms. The van der Waals surface area contributed by atoms with E-state index in [4.69, 9.17) is 0 Å². The summed E-state index contributed by atoms with van der Waals surface area (Å²) in [5.74, 6) is -0.155. The summed E-state index contributed by atoms with van der Waals surface area (Å²) in [6, 6.07) is 11.2. The van der Waals surface area contributed by atoms with Crippen LogP contribution in [0.1, 0.15) is 10.4 Å². The Morgan fingerprint density at radius 3 is 2.68 bits per heavy atom. The Balaban J connectivity index is 1.56. The number of carbonyl (C=O) groups is 1. The van der Waals surface area contributed by atoms with Crippen LogP contribution in [0.15, 0.2) is 48.8 Å². The van der Waals surface area contributed by atoms with E-state index in [1.165, 1.54) is 10.9 Å². The summed E-state index contributed by atoms with van der Waals surface area (Å²) >= 11 is 0. The lowest BCUT2D eigenvalue weighted by Gasteiger charge is -2.21. The lowest BCUT2D eigenvalue weighted by molar-refractivity contribution is -0.385. The lowest BCUT2D eigenvalue weighted by atomic mass is 10.1. The highest BCUT2D eigenvalue weighted by Gasteiger charge is 2.30. The third-order valence-electron chi connectivity index (χ3n) is 4.27. The minimum atomic E-state index is -0.909. The van der Waals surface area contributed by atoms with Gasteiger partial charge in [0.25, 0.3) is 5.91 Å². The molecule has 4 rings (SSSR count). The molecular formula is C17H14N4O4. The zero-order valence-electron chi connectivity index (χ0n) is 13.1. The molecule has 0 saturated carbocycles. The summed E-state index contributed by atoms with van der Waals surface area (Å²) in [6.07, 6.45) is 1.47. The Morgan fingerprint density at radius 1 is 1.20 bits per heavy atom. The van der Waals surface area contributed by atoms with Crippen molar-refractivity contribution in [2.24, 2.45) is 0 Å². The van der Waals surface area contributed by atoms with Gasteiger partial charge in [-0.3, -0.25) is 19.6 Å². The number of rotatable bonds is 5. The standard InChI is InChI=1S/C17H14N4O4/c22-13(9-19-8-12(7-18-19)21(24)25)10-20-15-6-2-4-11-3-1-5-14(16(11)15)17(20)23/h1-8,13,22H,9-10H2/t13-/m0/s1. The van der Waals surface area contributed by atoms with E-state index in [0.29, 0.717) is 5.56 Å². The monoisotopic (exact) mass is 338 g/mol. The second-order valence-electron chi connectivity index (χ2n) is 5.93. The minimum absolute atomic E-state index is 0.0595. The quantitative estimate of drug-likeness (QED) is 0.566. The first-order valence-electron chi connectivity index (χ1n) is 7.73. The molecule has 2 aromatic carbocycles. The number of aliphatic hydroxyl groups is 1. The summed E-state index contributed by atoms with van der Waals surface area (Å²) in [7, 11) is 0. The Bertz CT molecular complexity index is 992. The first kappa shape index (κ1) is 15.3. The van der Waals surface area contributed by atoms with Crippen LogP contribution in [0.2, 0.25) is 0 Å². The van der Waals surface area contributed by atoms with Gasteiger partial charge < -0.3 is 10.0 Å². The number of hydrogen-bond donors (Lipinski definition) is 1. The predicted molar refractivity (Wildman–Crippen MR) is 90.5 cm³/mol. The summed E-state index contributed by atoms with van der Waals surface area (Å²) < 4.78 is 1.30. The molecule has 2 heterocycles. The number of anilines is 1. The number of benzene rings is 2. The Morgan fingerprint density at radius 2 is 1.96 bits per heavy atom. The number of aromatic nitrogens is 2. The van der Waals surface area contributed by atoms with Crippen molar-refractivity contribution in [2.75, 3.05) is 11.4 Å². The van der Waals surface area contributed by atoms with Crippen LogP contribution in [0.4, 0.5) is 11.4 Å². The van der Waals surface area contributed by atoms with Gasteiger partial charge in [0.2, 0.25) is 0 Å². The lowest BCUT2D eigenvalue weighted by Crippen LogP contribution is -2.37. The molecule has 1 aliphatic rings. The fraction of sp³-hybridized carbons (Fsp3) is 0.176. The first-order valence-corrected chi connectivity index (χ1v) is 7.73. The van der Waals surface area contributed by atoms with Crippen LogP contribution in [0, 0.1) is 10.1 Å². The van der Waals surface area contributed by atoms with Gasteiger partial charge in [-0.15, -0.1) is 0 Å². The van der Waals surface area contributed by atoms with Crippen molar-refractivity contribution in [3.63, 3.8) is 0 Å². The van der Waals surface area contributed by atoms with Gasteiger partial charge >= 0.3 is 5.69 Å². The largest absolute Gasteiger partial charge is 0.389 e. The molecule has 0 radical (unpaired) electrons. The molecule has 0 spiro atoms. The molecule has 1 aliphatic heterocycles. The maximum atomic E-state index is 12.7. The molecule has 1 amide bonds. The second kappa shape index (κ2) is 5.67. The molecule has 0 aliphatic carbocycles. The van der Waals surface area contributed by atoms with Crippen LogP contribution < -0.4 is 4.90 Å². The molecule has 1 N–H and O–H groups in total. The van der Waals surface area contributed by atoms with E-state index < -0.39 is 11.0 Å². The van der Waals surface area contributed by atoms with Crippen molar-refractivity contribution in [3.05, 3.63) is 64.5 Å². The highest BCUT2D eigenvalue weighted by atomic mass is 16.6. The van der Waals surface area contributed by atoms with Crippen LogP contribution in [0.5, 0.6) is 0 Å². The zero-order valence-corrected chi connectivity index (χ0v) is 13.1. The van der Waals surface area contributed by atoms with E-state index in [1.54, 1.807) is 11.0 Å². The van der Waals surface area contributed by atoms with Crippen LogP contribution >= 0.6 is 0 Å². The minimum Gasteiger partial charge on any atom is -0.389 e. The smallest absolute Gasteiger partial charge is 0.306 e. The van der Waals surface area contributed by atoms with Crippen molar-refractivity contribution in [2.45, 2.75) is 12.6 Å². The van der Waals surface area contributed by atoms with E-state index in [0.717, 1.165) is 22.7 Å². The summed E-state index contributed by atoms with van der Waals surface area (Å²) in [6.45, 7) is 0.143. The molecule has 8 nitrogen and oxygen atoms in total. The summed E-state index contributed by atoms with van der Waals surface area (Å²) in [4.78, 5) is 24.4. The maximum absolute atomic E-state index is 12.7. The molecule has 3 aromatic rings. The van der Waals surface area contributed by atoms with Crippen molar-refractivity contribution in [1.82, 2.24) is 9.78 Å². The SMILES string of the molecule is O=C1c2cccc3cccc(c23)N1C[C@@H](O)Cn1cc([N+](=O)[O-])cn1. The number of β-amino-alcohol motifs (C(OH)–C–C–N with tert-alkyl or cyclic N) is 1. The highest BCUT2D eigenvalue weighted by Crippen LogP contribution is 2.37. The van der Waals surface area contributed by atoms with Crippen LogP contribution in [-0.4, -0.2) is 38.4 Å².